The van der Waals surface area contributed by atoms with Crippen LogP contribution in [0.1, 0.15) is 11.1 Å². The average molecular weight is 341 g/mol. The van der Waals surface area contributed by atoms with E-state index in [0.717, 1.165) is 11.3 Å². The summed E-state index contributed by atoms with van der Waals surface area (Å²) in [5, 5.41) is 16.3. The van der Waals surface area contributed by atoms with E-state index in [1.54, 1.807) is 24.3 Å². The summed E-state index contributed by atoms with van der Waals surface area (Å²) in [4.78, 5) is 34.0. The summed E-state index contributed by atoms with van der Waals surface area (Å²) in [7, 11) is 0. The first-order valence-corrected chi connectivity index (χ1v) is 7.65. The summed E-state index contributed by atoms with van der Waals surface area (Å²) in [6, 6.07) is 13.8. The topological polar surface area (TPSA) is 108 Å². The van der Waals surface area contributed by atoms with E-state index in [4.69, 9.17) is 5.11 Å². The third kappa shape index (κ3) is 5.98. The Bertz CT molecular complexity index is 772. The molecule has 4 N–H and O–H groups in total. The SMILES string of the molecule is Cc1ccccc1NC(=O)Nc1ccc(CC(=O)NCC(=O)O)cc1. The molecule has 0 saturated heterocycles. The first kappa shape index (κ1) is 18.0. The van der Waals surface area contributed by atoms with Crippen molar-refractivity contribution in [3.05, 3.63) is 59.7 Å². The van der Waals surface area contributed by atoms with Gasteiger partial charge in [-0.2, -0.15) is 0 Å². The molecule has 0 saturated carbocycles. The fourth-order valence-corrected chi connectivity index (χ4v) is 2.13. The molecule has 0 aromatic heterocycles. The van der Waals surface area contributed by atoms with Gasteiger partial charge in [0, 0.05) is 11.4 Å². The number of carboxylic acid groups (broad SMARTS) is 1. The molecule has 130 valence electrons. The van der Waals surface area contributed by atoms with Gasteiger partial charge in [-0.1, -0.05) is 30.3 Å². The van der Waals surface area contributed by atoms with Gasteiger partial charge in [0.2, 0.25) is 5.91 Å². The van der Waals surface area contributed by atoms with Crippen LogP contribution in [-0.2, 0) is 16.0 Å². The van der Waals surface area contributed by atoms with Crippen LogP contribution in [0.5, 0.6) is 0 Å². The van der Waals surface area contributed by atoms with Crippen LogP contribution in [-0.4, -0.2) is 29.6 Å². The molecule has 0 bridgehead atoms. The molecule has 0 heterocycles. The Balaban J connectivity index is 1.87. The van der Waals surface area contributed by atoms with Crippen LogP contribution in [0.4, 0.5) is 16.2 Å². The number of benzene rings is 2. The quantitative estimate of drug-likeness (QED) is 0.647. The predicted octanol–water partition coefficient (Wildman–Crippen LogP) is 2.38. The zero-order valence-electron chi connectivity index (χ0n) is 13.7. The number of hydrogen-bond acceptors (Lipinski definition) is 3. The minimum atomic E-state index is -1.09. The minimum Gasteiger partial charge on any atom is -0.480 e. The van der Waals surface area contributed by atoms with Crippen molar-refractivity contribution in [2.75, 3.05) is 17.2 Å². The highest BCUT2D eigenvalue weighted by Gasteiger charge is 2.07. The van der Waals surface area contributed by atoms with Gasteiger partial charge < -0.3 is 21.1 Å². The number of amides is 3. The summed E-state index contributed by atoms with van der Waals surface area (Å²) in [5.41, 5.74) is 2.99. The average Bonchev–Trinajstić information content (AvgIpc) is 2.57. The van der Waals surface area contributed by atoms with Gasteiger partial charge in [0.05, 0.1) is 6.42 Å². The molecular formula is C18H19N3O4. The summed E-state index contributed by atoms with van der Waals surface area (Å²) >= 11 is 0. The molecule has 0 unspecified atom stereocenters. The number of carbonyl (C=O) groups is 3. The molecule has 0 aliphatic rings. The Kier molecular flexibility index (Phi) is 6.11. The number of aryl methyl sites for hydroxylation is 1. The van der Waals surface area contributed by atoms with Gasteiger partial charge in [0.25, 0.3) is 0 Å². The molecule has 25 heavy (non-hydrogen) atoms. The molecule has 0 aliphatic carbocycles. The number of rotatable bonds is 6. The van der Waals surface area contributed by atoms with Crippen LogP contribution in [0.2, 0.25) is 0 Å². The maximum atomic E-state index is 12.0. The normalized spacial score (nSPS) is 9.96. The lowest BCUT2D eigenvalue weighted by atomic mass is 10.1. The zero-order chi connectivity index (χ0) is 18.2. The molecular weight excluding hydrogens is 322 g/mol. The standard InChI is InChI=1S/C18H19N3O4/c1-12-4-2-3-5-15(12)21-18(25)20-14-8-6-13(7-9-14)10-16(22)19-11-17(23)24/h2-9H,10-11H2,1H3,(H,19,22)(H,23,24)(H2,20,21,25). The highest BCUT2D eigenvalue weighted by Crippen LogP contribution is 2.15. The summed E-state index contributed by atoms with van der Waals surface area (Å²) in [6.07, 6.45) is 0.0724. The van der Waals surface area contributed by atoms with Gasteiger partial charge in [-0.05, 0) is 36.2 Å². The summed E-state index contributed by atoms with van der Waals surface area (Å²) in [5.74, 6) is -1.46. The number of anilines is 2. The van der Waals surface area contributed by atoms with Gasteiger partial charge in [0.15, 0.2) is 0 Å². The number of aliphatic carboxylic acids is 1. The number of para-hydroxylation sites is 1. The van der Waals surface area contributed by atoms with E-state index in [9.17, 15) is 14.4 Å². The summed E-state index contributed by atoms with van der Waals surface area (Å²) < 4.78 is 0. The Hall–Kier alpha value is -3.35. The fourth-order valence-electron chi connectivity index (χ4n) is 2.13. The van der Waals surface area contributed by atoms with Crippen molar-refractivity contribution >= 4 is 29.3 Å². The number of nitrogens with one attached hydrogen (secondary N) is 3. The maximum Gasteiger partial charge on any atom is 0.323 e. The molecule has 2 aromatic carbocycles. The fraction of sp³-hybridized carbons (Fsp3) is 0.167. The zero-order valence-corrected chi connectivity index (χ0v) is 13.7. The Morgan fingerprint density at radius 1 is 0.960 bits per heavy atom. The second-order valence-electron chi connectivity index (χ2n) is 5.44. The van der Waals surface area contributed by atoms with E-state index >= 15 is 0 Å². The van der Waals surface area contributed by atoms with E-state index in [1.165, 1.54) is 0 Å². The van der Waals surface area contributed by atoms with Crippen LogP contribution in [0, 0.1) is 6.92 Å². The van der Waals surface area contributed by atoms with Crippen molar-refractivity contribution in [1.29, 1.82) is 0 Å². The highest BCUT2D eigenvalue weighted by molar-refractivity contribution is 6.00. The van der Waals surface area contributed by atoms with Crippen LogP contribution in [0.3, 0.4) is 0 Å². The molecule has 0 atom stereocenters. The van der Waals surface area contributed by atoms with E-state index in [1.807, 2.05) is 31.2 Å². The molecule has 7 nitrogen and oxygen atoms in total. The molecule has 3 amide bonds. The third-order valence-corrected chi connectivity index (χ3v) is 3.41. The van der Waals surface area contributed by atoms with Crippen molar-refractivity contribution in [3.63, 3.8) is 0 Å². The lowest BCUT2D eigenvalue weighted by Gasteiger charge is -2.10. The molecule has 2 aromatic rings. The van der Waals surface area contributed by atoms with Crippen molar-refractivity contribution in [2.45, 2.75) is 13.3 Å². The van der Waals surface area contributed by atoms with Crippen molar-refractivity contribution in [3.8, 4) is 0 Å². The van der Waals surface area contributed by atoms with Gasteiger partial charge >= 0.3 is 12.0 Å². The van der Waals surface area contributed by atoms with Crippen molar-refractivity contribution in [2.24, 2.45) is 0 Å². The van der Waals surface area contributed by atoms with Crippen LogP contribution in [0.25, 0.3) is 0 Å². The van der Waals surface area contributed by atoms with Gasteiger partial charge in [-0.25, -0.2) is 4.79 Å². The van der Waals surface area contributed by atoms with E-state index < -0.39 is 12.5 Å². The van der Waals surface area contributed by atoms with Gasteiger partial charge in [-0.3, -0.25) is 9.59 Å². The first-order valence-electron chi connectivity index (χ1n) is 7.65. The molecule has 0 spiro atoms. The molecule has 0 aliphatic heterocycles. The lowest BCUT2D eigenvalue weighted by Crippen LogP contribution is -2.30. The third-order valence-electron chi connectivity index (χ3n) is 3.41. The van der Waals surface area contributed by atoms with Crippen LogP contribution >= 0.6 is 0 Å². The second-order valence-corrected chi connectivity index (χ2v) is 5.44. The number of urea groups is 1. The maximum absolute atomic E-state index is 12.0. The van der Waals surface area contributed by atoms with E-state index in [0.29, 0.717) is 11.3 Å². The largest absolute Gasteiger partial charge is 0.480 e. The number of carbonyl (C=O) groups excluding carboxylic acids is 2. The number of carboxylic acids is 1. The monoisotopic (exact) mass is 341 g/mol. The predicted molar refractivity (Wildman–Crippen MR) is 94.6 cm³/mol. The lowest BCUT2D eigenvalue weighted by molar-refractivity contribution is -0.137. The molecule has 0 radical (unpaired) electrons. The molecule has 7 heteroatoms. The van der Waals surface area contributed by atoms with E-state index in [-0.39, 0.29) is 18.4 Å². The Morgan fingerprint density at radius 2 is 1.64 bits per heavy atom. The van der Waals surface area contributed by atoms with Gasteiger partial charge in [0.1, 0.15) is 6.54 Å². The molecule has 0 fully saturated rings. The van der Waals surface area contributed by atoms with Crippen LogP contribution < -0.4 is 16.0 Å². The minimum absolute atomic E-state index is 0.0724. The van der Waals surface area contributed by atoms with Crippen LogP contribution in [0.15, 0.2) is 48.5 Å². The summed E-state index contributed by atoms with van der Waals surface area (Å²) in [6.45, 7) is 1.50. The Labute approximate surface area is 145 Å². The smallest absolute Gasteiger partial charge is 0.323 e. The van der Waals surface area contributed by atoms with E-state index in [2.05, 4.69) is 16.0 Å². The highest BCUT2D eigenvalue weighted by atomic mass is 16.4. The Morgan fingerprint density at radius 3 is 2.28 bits per heavy atom. The van der Waals surface area contributed by atoms with Crippen molar-refractivity contribution in [1.82, 2.24) is 5.32 Å². The molecule has 2 rings (SSSR count). The van der Waals surface area contributed by atoms with Crippen molar-refractivity contribution < 1.29 is 19.5 Å². The number of hydrogen-bond donors (Lipinski definition) is 4. The second kappa shape index (κ2) is 8.49. The first-order chi connectivity index (χ1) is 11.9. The van der Waals surface area contributed by atoms with Gasteiger partial charge in [-0.15, -0.1) is 0 Å².